The molecule has 0 aromatic heterocycles. The van der Waals surface area contributed by atoms with Gasteiger partial charge in [0.05, 0.1) is 5.56 Å². The summed E-state index contributed by atoms with van der Waals surface area (Å²) in [7, 11) is 0. The summed E-state index contributed by atoms with van der Waals surface area (Å²) in [5, 5.41) is 0. The van der Waals surface area contributed by atoms with E-state index in [1.807, 2.05) is 0 Å². The zero-order valence-corrected chi connectivity index (χ0v) is 8.66. The molecule has 0 unspecified atom stereocenters. The molecule has 0 aliphatic heterocycles. The van der Waals surface area contributed by atoms with Crippen LogP contribution in [-0.2, 0) is 6.18 Å². The Labute approximate surface area is 90.2 Å². The van der Waals surface area contributed by atoms with Gasteiger partial charge in [-0.2, -0.15) is 13.2 Å². The number of halogens is 6. The van der Waals surface area contributed by atoms with Crippen molar-refractivity contribution in [3.63, 3.8) is 0 Å². The molecule has 1 nitrogen and oxygen atoms in total. The molecule has 84 valence electrons. The average Bonchev–Trinajstić information content (AvgIpc) is 2.06. The highest BCUT2D eigenvalue weighted by Crippen LogP contribution is 2.38. The van der Waals surface area contributed by atoms with E-state index in [9.17, 15) is 22.0 Å². The van der Waals surface area contributed by atoms with Gasteiger partial charge in [0.2, 0.25) is 0 Å². The van der Waals surface area contributed by atoms with Crippen molar-refractivity contribution in [2.45, 2.75) is 12.6 Å². The van der Waals surface area contributed by atoms with Crippen molar-refractivity contribution in [1.29, 1.82) is 0 Å². The van der Waals surface area contributed by atoms with Gasteiger partial charge in [-0.1, -0.05) is 15.9 Å². The Bertz CT molecular complexity index is 374. The van der Waals surface area contributed by atoms with Crippen LogP contribution in [0, 0.1) is 0 Å². The van der Waals surface area contributed by atoms with Crippen LogP contribution >= 0.6 is 15.9 Å². The molecule has 0 fully saturated rings. The number of hydrogen-bond donors (Lipinski definition) is 1. The maximum atomic E-state index is 12.3. The summed E-state index contributed by atoms with van der Waals surface area (Å²) < 4.78 is 61.1. The van der Waals surface area contributed by atoms with Crippen molar-refractivity contribution >= 4 is 21.6 Å². The number of alkyl halides is 5. The van der Waals surface area contributed by atoms with Crippen molar-refractivity contribution < 1.29 is 22.0 Å². The first-order chi connectivity index (χ1) is 6.73. The molecule has 0 radical (unpaired) electrons. The minimum absolute atomic E-state index is 0.306. The van der Waals surface area contributed by atoms with Crippen LogP contribution in [0.25, 0.3) is 0 Å². The highest BCUT2D eigenvalue weighted by molar-refractivity contribution is 9.10. The number of benzene rings is 1. The van der Waals surface area contributed by atoms with Crippen molar-refractivity contribution in [2.24, 2.45) is 0 Å². The summed E-state index contributed by atoms with van der Waals surface area (Å²) in [6.45, 7) is 0. The first-order valence-electron chi connectivity index (χ1n) is 3.67. The van der Waals surface area contributed by atoms with E-state index in [1.165, 1.54) is 0 Å². The second-order valence-corrected chi connectivity index (χ2v) is 3.61. The predicted octanol–water partition coefficient (Wildman–Crippen LogP) is 3.99. The molecule has 1 aromatic carbocycles. The zero-order chi connectivity index (χ0) is 11.8. The van der Waals surface area contributed by atoms with Crippen LogP contribution in [-0.4, -0.2) is 0 Å². The Morgan fingerprint density at radius 3 is 2.13 bits per heavy atom. The fraction of sp³-hybridized carbons (Fsp3) is 0.250. The number of hydrogen-bond acceptors (Lipinski definition) is 1. The molecule has 0 saturated carbocycles. The topological polar surface area (TPSA) is 26.0 Å². The van der Waals surface area contributed by atoms with Gasteiger partial charge in [0.15, 0.2) is 0 Å². The Morgan fingerprint density at radius 2 is 1.73 bits per heavy atom. The molecule has 0 aliphatic rings. The van der Waals surface area contributed by atoms with E-state index >= 15 is 0 Å². The van der Waals surface area contributed by atoms with Gasteiger partial charge >= 0.3 is 6.18 Å². The second kappa shape index (κ2) is 3.96. The smallest absolute Gasteiger partial charge is 0.398 e. The first-order valence-corrected chi connectivity index (χ1v) is 4.47. The zero-order valence-electron chi connectivity index (χ0n) is 7.08. The molecule has 7 heteroatoms. The quantitative estimate of drug-likeness (QED) is 0.614. The number of anilines is 1. The first kappa shape index (κ1) is 12.2. The summed E-state index contributed by atoms with van der Waals surface area (Å²) in [4.78, 5) is 0. The average molecular weight is 290 g/mol. The van der Waals surface area contributed by atoms with Crippen LogP contribution in [0.4, 0.5) is 27.6 Å². The van der Waals surface area contributed by atoms with E-state index < -0.39 is 29.4 Å². The van der Waals surface area contributed by atoms with Gasteiger partial charge in [-0.05, 0) is 12.1 Å². The Balaban J connectivity index is 3.32. The van der Waals surface area contributed by atoms with Crippen LogP contribution in [0.3, 0.4) is 0 Å². The SMILES string of the molecule is Nc1cc(C(F)F)c(Br)cc1C(F)(F)F. The third-order valence-electron chi connectivity index (χ3n) is 1.71. The van der Waals surface area contributed by atoms with Crippen LogP contribution in [0.2, 0.25) is 0 Å². The summed E-state index contributed by atoms with van der Waals surface area (Å²) in [6, 6.07) is 1.18. The molecule has 0 saturated heterocycles. The molecule has 0 atom stereocenters. The summed E-state index contributed by atoms with van der Waals surface area (Å²) in [5.74, 6) is 0. The molecule has 0 amide bonds. The van der Waals surface area contributed by atoms with E-state index in [-0.39, 0.29) is 4.47 Å². The number of nitrogen functional groups attached to an aromatic ring is 1. The number of rotatable bonds is 1. The minimum Gasteiger partial charge on any atom is -0.398 e. The van der Waals surface area contributed by atoms with Crippen LogP contribution in [0.1, 0.15) is 17.6 Å². The van der Waals surface area contributed by atoms with E-state index in [2.05, 4.69) is 15.9 Å². The maximum Gasteiger partial charge on any atom is 0.418 e. The van der Waals surface area contributed by atoms with Crippen molar-refractivity contribution in [3.8, 4) is 0 Å². The van der Waals surface area contributed by atoms with Gasteiger partial charge in [-0.25, -0.2) is 8.78 Å². The molecule has 0 spiro atoms. The van der Waals surface area contributed by atoms with Crippen LogP contribution < -0.4 is 5.73 Å². The van der Waals surface area contributed by atoms with E-state index in [0.717, 1.165) is 0 Å². The lowest BCUT2D eigenvalue weighted by atomic mass is 10.1. The van der Waals surface area contributed by atoms with Gasteiger partial charge < -0.3 is 5.73 Å². The van der Waals surface area contributed by atoms with Crippen molar-refractivity contribution in [1.82, 2.24) is 0 Å². The largest absolute Gasteiger partial charge is 0.418 e. The van der Waals surface area contributed by atoms with Gasteiger partial charge in [0.25, 0.3) is 6.43 Å². The monoisotopic (exact) mass is 289 g/mol. The molecule has 15 heavy (non-hydrogen) atoms. The van der Waals surface area contributed by atoms with Crippen LogP contribution in [0.5, 0.6) is 0 Å². The Kier molecular flexibility index (Phi) is 3.22. The van der Waals surface area contributed by atoms with E-state index in [4.69, 9.17) is 5.73 Å². The molecule has 2 N–H and O–H groups in total. The molecule has 0 bridgehead atoms. The minimum atomic E-state index is -4.65. The fourth-order valence-electron chi connectivity index (χ4n) is 1.02. The molecule has 1 rings (SSSR count). The van der Waals surface area contributed by atoms with E-state index in [1.54, 1.807) is 0 Å². The lowest BCUT2D eigenvalue weighted by molar-refractivity contribution is -0.137. The lowest BCUT2D eigenvalue weighted by Gasteiger charge is -2.12. The third kappa shape index (κ3) is 2.58. The van der Waals surface area contributed by atoms with E-state index in [0.29, 0.717) is 12.1 Å². The second-order valence-electron chi connectivity index (χ2n) is 2.76. The van der Waals surface area contributed by atoms with Crippen LogP contribution in [0.15, 0.2) is 16.6 Å². The van der Waals surface area contributed by atoms with Gasteiger partial charge in [-0.15, -0.1) is 0 Å². The summed E-state index contributed by atoms with van der Waals surface area (Å²) in [6.07, 6.45) is -7.52. The molecule has 0 heterocycles. The highest BCUT2D eigenvalue weighted by atomic mass is 79.9. The summed E-state index contributed by atoms with van der Waals surface area (Å²) >= 11 is 2.64. The molecule has 0 aliphatic carbocycles. The summed E-state index contributed by atoms with van der Waals surface area (Å²) in [5.41, 5.74) is 2.65. The predicted molar refractivity (Wildman–Crippen MR) is 48.5 cm³/mol. The Hall–Kier alpha value is -0.850. The maximum absolute atomic E-state index is 12.3. The fourth-order valence-corrected chi connectivity index (χ4v) is 1.54. The van der Waals surface area contributed by atoms with Crippen molar-refractivity contribution in [2.75, 3.05) is 5.73 Å². The third-order valence-corrected chi connectivity index (χ3v) is 2.40. The van der Waals surface area contributed by atoms with Gasteiger partial charge in [0, 0.05) is 15.7 Å². The highest BCUT2D eigenvalue weighted by Gasteiger charge is 2.34. The molecule has 1 aromatic rings. The standard InChI is InChI=1S/C8H5BrF5N/c9-5-2-4(8(12,13)14)6(15)1-3(5)7(10)11/h1-2,7H,15H2. The number of nitrogens with two attached hydrogens (primary N) is 1. The molecular weight excluding hydrogens is 285 g/mol. The van der Waals surface area contributed by atoms with Gasteiger partial charge in [-0.3, -0.25) is 0 Å². The Morgan fingerprint density at radius 1 is 1.20 bits per heavy atom. The molecular formula is C8H5BrF5N. The van der Waals surface area contributed by atoms with Crippen molar-refractivity contribution in [3.05, 3.63) is 27.7 Å². The normalized spacial score (nSPS) is 12.2. The van der Waals surface area contributed by atoms with Gasteiger partial charge in [0.1, 0.15) is 0 Å². The lowest BCUT2D eigenvalue weighted by Crippen LogP contribution is -2.09.